The lowest BCUT2D eigenvalue weighted by Gasteiger charge is -2.27. The standard InChI is InChI=1S/C7H16O7.HI/c8-1-3(10)5(12)7(14)6(13)4(11)2-9;/h3-14H,1-2H2;1H. The first-order chi connectivity index (χ1) is 6.45. The second kappa shape index (κ2) is 8.58. The molecule has 0 aliphatic heterocycles. The van der Waals surface area contributed by atoms with E-state index in [1.54, 1.807) is 0 Å². The molecule has 8 heteroatoms. The normalized spacial score (nSPS) is 21.0. The van der Waals surface area contributed by atoms with Crippen LogP contribution in [-0.4, -0.2) is 79.5 Å². The Hall–Kier alpha value is 0.450. The summed E-state index contributed by atoms with van der Waals surface area (Å²) in [5, 5.41) is 61.9. The van der Waals surface area contributed by atoms with Crippen LogP contribution in [0.25, 0.3) is 0 Å². The Kier molecular flexibility index (Phi) is 10.2. The van der Waals surface area contributed by atoms with Crippen LogP contribution in [0.2, 0.25) is 0 Å². The first-order valence-corrected chi connectivity index (χ1v) is 4.07. The Labute approximate surface area is 104 Å². The molecule has 4 unspecified atom stereocenters. The molecule has 94 valence electrons. The van der Waals surface area contributed by atoms with E-state index < -0.39 is 43.7 Å². The number of halogens is 1. The van der Waals surface area contributed by atoms with Gasteiger partial charge in [-0.25, -0.2) is 0 Å². The lowest BCUT2D eigenvalue weighted by molar-refractivity contribution is -0.145. The SMILES string of the molecule is I.OCC(O)C(O)C(O)C(O)C(O)CO. The van der Waals surface area contributed by atoms with Crippen LogP contribution in [0.3, 0.4) is 0 Å². The Balaban J connectivity index is 0. The van der Waals surface area contributed by atoms with E-state index in [4.69, 9.17) is 35.7 Å². The van der Waals surface area contributed by atoms with E-state index in [0.29, 0.717) is 0 Å². The predicted octanol–water partition coefficient (Wildman–Crippen LogP) is -3.61. The summed E-state index contributed by atoms with van der Waals surface area (Å²) >= 11 is 0. The van der Waals surface area contributed by atoms with Crippen LogP contribution in [0.4, 0.5) is 0 Å². The summed E-state index contributed by atoms with van der Waals surface area (Å²) in [4.78, 5) is 0. The van der Waals surface area contributed by atoms with Crippen LogP contribution in [0.15, 0.2) is 0 Å². The molecule has 7 N–H and O–H groups in total. The van der Waals surface area contributed by atoms with Crippen molar-refractivity contribution in [3.8, 4) is 0 Å². The van der Waals surface area contributed by atoms with Gasteiger partial charge in [0, 0.05) is 0 Å². The number of rotatable bonds is 6. The van der Waals surface area contributed by atoms with E-state index in [1.165, 1.54) is 0 Å². The third-order valence-corrected chi connectivity index (χ3v) is 1.86. The van der Waals surface area contributed by atoms with Gasteiger partial charge in [0.05, 0.1) is 13.2 Å². The maximum absolute atomic E-state index is 9.15. The van der Waals surface area contributed by atoms with Crippen LogP contribution in [0.1, 0.15) is 0 Å². The van der Waals surface area contributed by atoms with Crippen LogP contribution in [0, 0.1) is 0 Å². The topological polar surface area (TPSA) is 142 Å². The van der Waals surface area contributed by atoms with Gasteiger partial charge < -0.3 is 35.7 Å². The molecule has 0 amide bonds. The molecule has 0 spiro atoms. The molecule has 0 bridgehead atoms. The van der Waals surface area contributed by atoms with Crippen molar-refractivity contribution < 1.29 is 35.7 Å². The largest absolute Gasteiger partial charge is 0.394 e. The van der Waals surface area contributed by atoms with Crippen molar-refractivity contribution in [2.24, 2.45) is 0 Å². The summed E-state index contributed by atoms with van der Waals surface area (Å²) in [5.41, 5.74) is 0. The molecule has 0 aliphatic rings. The second-order valence-corrected chi connectivity index (χ2v) is 2.97. The van der Waals surface area contributed by atoms with E-state index in [0.717, 1.165) is 0 Å². The van der Waals surface area contributed by atoms with E-state index in [2.05, 4.69) is 0 Å². The van der Waals surface area contributed by atoms with Gasteiger partial charge in [-0.2, -0.15) is 0 Å². The molecule has 0 aromatic heterocycles. The zero-order chi connectivity index (χ0) is 11.3. The number of aliphatic hydroxyl groups excluding tert-OH is 7. The molecule has 0 fully saturated rings. The number of hydrogen-bond acceptors (Lipinski definition) is 7. The molecule has 0 saturated heterocycles. The van der Waals surface area contributed by atoms with Crippen LogP contribution < -0.4 is 0 Å². The van der Waals surface area contributed by atoms with E-state index in [1.807, 2.05) is 0 Å². The van der Waals surface area contributed by atoms with Gasteiger partial charge in [-0.15, -0.1) is 24.0 Å². The molecule has 0 aliphatic carbocycles. The van der Waals surface area contributed by atoms with Gasteiger partial charge in [-0.05, 0) is 0 Å². The highest BCUT2D eigenvalue weighted by molar-refractivity contribution is 14.0. The average Bonchev–Trinajstić information content (AvgIpc) is 2.23. The highest BCUT2D eigenvalue weighted by Crippen LogP contribution is 2.07. The predicted molar refractivity (Wildman–Crippen MR) is 59.6 cm³/mol. The average molecular weight is 340 g/mol. The molecule has 0 aromatic rings. The first kappa shape index (κ1) is 17.8. The zero-order valence-corrected chi connectivity index (χ0v) is 10.2. The highest BCUT2D eigenvalue weighted by atomic mass is 127. The zero-order valence-electron chi connectivity index (χ0n) is 7.84. The third kappa shape index (κ3) is 5.36. The van der Waals surface area contributed by atoms with E-state index in [9.17, 15) is 0 Å². The minimum absolute atomic E-state index is 0. The number of hydrogen-bond donors (Lipinski definition) is 7. The summed E-state index contributed by atoms with van der Waals surface area (Å²) in [6.07, 6.45) is -8.68. The Morgan fingerprint density at radius 2 is 0.867 bits per heavy atom. The highest BCUT2D eigenvalue weighted by Gasteiger charge is 2.33. The quantitative estimate of drug-likeness (QED) is 0.248. The first-order valence-electron chi connectivity index (χ1n) is 4.07. The maximum Gasteiger partial charge on any atom is 0.111 e. The van der Waals surface area contributed by atoms with Crippen LogP contribution >= 0.6 is 24.0 Å². The van der Waals surface area contributed by atoms with Gasteiger partial charge in [0.2, 0.25) is 0 Å². The summed E-state index contributed by atoms with van der Waals surface area (Å²) in [5.74, 6) is 0. The van der Waals surface area contributed by atoms with Gasteiger partial charge in [0.15, 0.2) is 0 Å². The molecule has 0 aromatic carbocycles. The number of aliphatic hydroxyl groups is 7. The van der Waals surface area contributed by atoms with Gasteiger partial charge in [0.1, 0.15) is 30.5 Å². The fourth-order valence-electron chi connectivity index (χ4n) is 0.873. The van der Waals surface area contributed by atoms with Crippen molar-refractivity contribution in [2.75, 3.05) is 13.2 Å². The second-order valence-electron chi connectivity index (χ2n) is 2.97. The molecule has 0 radical (unpaired) electrons. The van der Waals surface area contributed by atoms with Crippen molar-refractivity contribution in [2.45, 2.75) is 30.5 Å². The van der Waals surface area contributed by atoms with Crippen molar-refractivity contribution in [1.82, 2.24) is 0 Å². The molecule has 15 heavy (non-hydrogen) atoms. The van der Waals surface area contributed by atoms with Gasteiger partial charge in [-0.3, -0.25) is 0 Å². The van der Waals surface area contributed by atoms with Gasteiger partial charge >= 0.3 is 0 Å². The smallest absolute Gasteiger partial charge is 0.111 e. The summed E-state index contributed by atoms with van der Waals surface area (Å²) in [6, 6.07) is 0. The van der Waals surface area contributed by atoms with E-state index in [-0.39, 0.29) is 24.0 Å². The van der Waals surface area contributed by atoms with Crippen molar-refractivity contribution in [3.05, 3.63) is 0 Å². The van der Waals surface area contributed by atoms with Crippen LogP contribution in [0.5, 0.6) is 0 Å². The molecule has 0 rings (SSSR count). The molecular weight excluding hydrogens is 323 g/mol. The molecule has 0 saturated carbocycles. The minimum atomic E-state index is -1.85. The monoisotopic (exact) mass is 340 g/mol. The summed E-state index contributed by atoms with van der Waals surface area (Å²) in [6.45, 7) is -1.58. The lowest BCUT2D eigenvalue weighted by Crippen LogP contribution is -2.50. The van der Waals surface area contributed by atoms with Crippen molar-refractivity contribution in [1.29, 1.82) is 0 Å². The van der Waals surface area contributed by atoms with Gasteiger partial charge in [0.25, 0.3) is 0 Å². The fourth-order valence-corrected chi connectivity index (χ4v) is 0.873. The molecule has 7 nitrogen and oxygen atoms in total. The third-order valence-electron chi connectivity index (χ3n) is 1.86. The van der Waals surface area contributed by atoms with Gasteiger partial charge in [-0.1, -0.05) is 0 Å². The Morgan fingerprint density at radius 3 is 1.07 bits per heavy atom. The summed E-state index contributed by atoms with van der Waals surface area (Å²) < 4.78 is 0. The van der Waals surface area contributed by atoms with Crippen LogP contribution in [-0.2, 0) is 0 Å². The molecular formula is C7H17IO7. The maximum atomic E-state index is 9.15. The minimum Gasteiger partial charge on any atom is -0.394 e. The lowest BCUT2D eigenvalue weighted by atomic mass is 10.00. The summed E-state index contributed by atoms with van der Waals surface area (Å²) in [7, 11) is 0. The van der Waals surface area contributed by atoms with E-state index >= 15 is 0 Å². The van der Waals surface area contributed by atoms with Crippen molar-refractivity contribution in [3.63, 3.8) is 0 Å². The molecule has 4 atom stereocenters. The molecule has 0 heterocycles. The van der Waals surface area contributed by atoms with Crippen molar-refractivity contribution >= 4 is 24.0 Å². The Bertz CT molecular complexity index is 142. The Morgan fingerprint density at radius 1 is 0.600 bits per heavy atom. The fraction of sp³-hybridized carbons (Fsp3) is 1.00.